The van der Waals surface area contributed by atoms with Gasteiger partial charge in [0, 0.05) is 30.2 Å². The van der Waals surface area contributed by atoms with Gasteiger partial charge in [0.15, 0.2) is 0 Å². The van der Waals surface area contributed by atoms with Gasteiger partial charge in [-0.25, -0.2) is 0 Å². The third-order valence-corrected chi connectivity index (χ3v) is 3.12. The van der Waals surface area contributed by atoms with Gasteiger partial charge in [0.05, 0.1) is 12.3 Å². The number of rotatable bonds is 4. The summed E-state index contributed by atoms with van der Waals surface area (Å²) in [4.78, 5) is 1.23. The molecule has 1 atom stereocenters. The number of nitrogens with zero attached hydrogens (tertiary/aromatic N) is 3. The summed E-state index contributed by atoms with van der Waals surface area (Å²) in [6.45, 7) is 0.713. The van der Waals surface area contributed by atoms with Crippen LogP contribution in [0.4, 0.5) is 0 Å². The highest BCUT2D eigenvalue weighted by Crippen LogP contribution is 2.13. The van der Waals surface area contributed by atoms with E-state index in [9.17, 15) is 0 Å². The molecule has 0 saturated carbocycles. The second-order valence-corrected chi connectivity index (χ2v) is 4.50. The number of thiophene rings is 1. The van der Waals surface area contributed by atoms with E-state index in [-0.39, 0.29) is 6.04 Å². The molecule has 2 aromatic rings. The lowest BCUT2D eigenvalue weighted by molar-refractivity contribution is 0.635. The summed E-state index contributed by atoms with van der Waals surface area (Å²) in [6, 6.07) is 6.00. The topological polar surface area (TPSA) is 53.6 Å². The number of nitrogens with one attached hydrogen (secondary N) is 1. The molecule has 0 fully saturated rings. The van der Waals surface area contributed by atoms with Crippen molar-refractivity contribution in [2.75, 3.05) is 0 Å². The van der Waals surface area contributed by atoms with Gasteiger partial charge in [-0.2, -0.15) is 10.4 Å². The van der Waals surface area contributed by atoms with Gasteiger partial charge in [0.1, 0.15) is 6.04 Å². The first-order valence-electron chi connectivity index (χ1n) is 4.93. The molecule has 2 aromatic heterocycles. The van der Waals surface area contributed by atoms with E-state index in [1.54, 1.807) is 22.2 Å². The third kappa shape index (κ3) is 2.48. The van der Waals surface area contributed by atoms with Gasteiger partial charge in [-0.05, 0) is 11.4 Å². The summed E-state index contributed by atoms with van der Waals surface area (Å²) in [5.74, 6) is 0. The number of nitriles is 1. The number of aromatic nitrogens is 2. The van der Waals surface area contributed by atoms with Crippen LogP contribution in [0.5, 0.6) is 0 Å². The first-order chi connectivity index (χ1) is 7.79. The highest BCUT2D eigenvalue weighted by molar-refractivity contribution is 7.09. The molecule has 0 aliphatic heterocycles. The SMILES string of the molecule is Cn1cc(C(C#N)NCc2cccs2)cn1. The molecule has 0 aliphatic rings. The standard InChI is InChI=1S/C11H12N4S/c1-15-8-9(6-14-15)11(5-12)13-7-10-3-2-4-16-10/h2-4,6,8,11,13H,7H2,1H3. The van der Waals surface area contributed by atoms with Crippen molar-refractivity contribution >= 4 is 11.3 Å². The Morgan fingerprint density at radius 1 is 1.69 bits per heavy atom. The lowest BCUT2D eigenvalue weighted by Crippen LogP contribution is -2.18. The van der Waals surface area contributed by atoms with Gasteiger partial charge in [0.2, 0.25) is 0 Å². The average molecular weight is 232 g/mol. The molecule has 82 valence electrons. The highest BCUT2D eigenvalue weighted by Gasteiger charge is 2.11. The first-order valence-corrected chi connectivity index (χ1v) is 5.81. The lowest BCUT2D eigenvalue weighted by atomic mass is 10.2. The molecule has 2 rings (SSSR count). The van der Waals surface area contributed by atoms with E-state index in [1.807, 2.05) is 24.7 Å². The van der Waals surface area contributed by atoms with Crippen LogP contribution >= 0.6 is 11.3 Å². The summed E-state index contributed by atoms with van der Waals surface area (Å²) in [6.07, 6.45) is 3.57. The van der Waals surface area contributed by atoms with Crippen LogP contribution in [0.25, 0.3) is 0 Å². The van der Waals surface area contributed by atoms with Gasteiger partial charge in [0.25, 0.3) is 0 Å². The molecule has 1 N–H and O–H groups in total. The Morgan fingerprint density at radius 3 is 3.12 bits per heavy atom. The Balaban J connectivity index is 1.99. The van der Waals surface area contributed by atoms with Crippen molar-refractivity contribution < 1.29 is 0 Å². The van der Waals surface area contributed by atoms with Gasteiger partial charge in [-0.3, -0.25) is 10.00 Å². The van der Waals surface area contributed by atoms with Crippen molar-refractivity contribution in [3.8, 4) is 6.07 Å². The summed E-state index contributed by atoms with van der Waals surface area (Å²) < 4.78 is 1.70. The fourth-order valence-corrected chi connectivity index (χ4v) is 2.10. The smallest absolute Gasteiger partial charge is 0.124 e. The Bertz CT molecular complexity index is 480. The minimum absolute atomic E-state index is 0.296. The van der Waals surface area contributed by atoms with E-state index in [0.29, 0.717) is 6.54 Å². The van der Waals surface area contributed by atoms with E-state index in [1.165, 1.54) is 4.88 Å². The minimum atomic E-state index is -0.296. The third-order valence-electron chi connectivity index (χ3n) is 2.25. The fraction of sp³-hybridized carbons (Fsp3) is 0.273. The van der Waals surface area contributed by atoms with E-state index in [0.717, 1.165) is 5.56 Å². The van der Waals surface area contributed by atoms with Crippen LogP contribution in [0, 0.1) is 11.3 Å². The van der Waals surface area contributed by atoms with Crippen LogP contribution < -0.4 is 5.32 Å². The Labute approximate surface area is 98.1 Å². The van der Waals surface area contributed by atoms with E-state index in [2.05, 4.69) is 22.6 Å². The van der Waals surface area contributed by atoms with Crippen molar-refractivity contribution in [3.05, 3.63) is 40.3 Å². The van der Waals surface area contributed by atoms with Crippen LogP contribution in [0.3, 0.4) is 0 Å². The minimum Gasteiger partial charge on any atom is -0.293 e. The van der Waals surface area contributed by atoms with Crippen molar-refractivity contribution in [3.63, 3.8) is 0 Å². The number of aryl methyl sites for hydroxylation is 1. The quantitative estimate of drug-likeness (QED) is 0.875. The lowest BCUT2D eigenvalue weighted by Gasteiger charge is -2.07. The van der Waals surface area contributed by atoms with Crippen LogP contribution in [-0.2, 0) is 13.6 Å². The molecule has 0 aromatic carbocycles. The number of hydrogen-bond acceptors (Lipinski definition) is 4. The maximum Gasteiger partial charge on any atom is 0.124 e. The van der Waals surface area contributed by atoms with Gasteiger partial charge in [-0.1, -0.05) is 6.07 Å². The molecule has 2 heterocycles. The Kier molecular flexibility index (Phi) is 3.34. The molecular weight excluding hydrogens is 220 g/mol. The predicted octanol–water partition coefficient (Wildman–Crippen LogP) is 1.84. The zero-order valence-corrected chi connectivity index (χ0v) is 9.74. The van der Waals surface area contributed by atoms with Crippen LogP contribution in [-0.4, -0.2) is 9.78 Å². The van der Waals surface area contributed by atoms with Crippen LogP contribution in [0.15, 0.2) is 29.9 Å². The van der Waals surface area contributed by atoms with Crippen molar-refractivity contribution in [2.24, 2.45) is 7.05 Å². The molecule has 0 radical (unpaired) electrons. The molecule has 1 unspecified atom stereocenters. The van der Waals surface area contributed by atoms with Crippen LogP contribution in [0.1, 0.15) is 16.5 Å². The van der Waals surface area contributed by atoms with Crippen molar-refractivity contribution in [1.29, 1.82) is 5.26 Å². The monoisotopic (exact) mass is 232 g/mol. The zero-order valence-electron chi connectivity index (χ0n) is 8.92. The molecule has 0 aliphatic carbocycles. The second-order valence-electron chi connectivity index (χ2n) is 3.47. The zero-order chi connectivity index (χ0) is 11.4. The van der Waals surface area contributed by atoms with Crippen molar-refractivity contribution in [2.45, 2.75) is 12.6 Å². The maximum atomic E-state index is 9.07. The largest absolute Gasteiger partial charge is 0.293 e. The van der Waals surface area contributed by atoms with Crippen LogP contribution in [0.2, 0.25) is 0 Å². The summed E-state index contributed by atoms with van der Waals surface area (Å²) in [7, 11) is 1.84. The Morgan fingerprint density at radius 2 is 2.56 bits per heavy atom. The highest BCUT2D eigenvalue weighted by atomic mass is 32.1. The molecular formula is C11H12N4S. The molecule has 0 spiro atoms. The molecule has 0 saturated heterocycles. The maximum absolute atomic E-state index is 9.07. The number of hydrogen-bond donors (Lipinski definition) is 1. The predicted molar refractivity (Wildman–Crippen MR) is 62.7 cm³/mol. The van der Waals surface area contributed by atoms with E-state index >= 15 is 0 Å². The second kappa shape index (κ2) is 4.92. The molecule has 5 heteroatoms. The van der Waals surface area contributed by atoms with E-state index in [4.69, 9.17) is 5.26 Å². The summed E-state index contributed by atoms with van der Waals surface area (Å²) in [5.41, 5.74) is 0.904. The fourth-order valence-electron chi connectivity index (χ4n) is 1.44. The molecule has 4 nitrogen and oxygen atoms in total. The van der Waals surface area contributed by atoms with Gasteiger partial charge < -0.3 is 0 Å². The summed E-state index contributed by atoms with van der Waals surface area (Å²) in [5, 5.41) is 18.4. The average Bonchev–Trinajstić information content (AvgIpc) is 2.91. The Hall–Kier alpha value is -1.64. The van der Waals surface area contributed by atoms with Crippen molar-refractivity contribution in [1.82, 2.24) is 15.1 Å². The molecule has 16 heavy (non-hydrogen) atoms. The summed E-state index contributed by atoms with van der Waals surface area (Å²) >= 11 is 1.68. The molecule has 0 bridgehead atoms. The van der Waals surface area contributed by atoms with Gasteiger partial charge in [-0.15, -0.1) is 11.3 Å². The normalized spacial score (nSPS) is 12.2. The van der Waals surface area contributed by atoms with Gasteiger partial charge >= 0.3 is 0 Å². The first kappa shape index (κ1) is 10.9. The molecule has 0 amide bonds. The van der Waals surface area contributed by atoms with E-state index < -0.39 is 0 Å².